The Balaban J connectivity index is 2.85. The number of halogens is 3. The SMILES string of the molecule is COc1cc(Cl)c2c(Cl)nc(Cl)nc2c1. The first kappa shape index (κ1) is 10.7. The molecule has 2 rings (SSSR count). The first-order valence-corrected chi connectivity index (χ1v) is 5.11. The largest absolute Gasteiger partial charge is 0.497 e. The van der Waals surface area contributed by atoms with Gasteiger partial charge in [-0.15, -0.1) is 0 Å². The molecule has 0 radical (unpaired) electrons. The molecular formula is C9H5Cl3N2O. The Labute approximate surface area is 101 Å². The van der Waals surface area contributed by atoms with Crippen LogP contribution in [0.5, 0.6) is 5.75 Å². The highest BCUT2D eigenvalue weighted by molar-refractivity contribution is 6.42. The van der Waals surface area contributed by atoms with Gasteiger partial charge in [-0.1, -0.05) is 23.2 Å². The minimum absolute atomic E-state index is 0.0804. The molecule has 0 unspecified atom stereocenters. The lowest BCUT2D eigenvalue weighted by molar-refractivity contribution is 0.415. The van der Waals surface area contributed by atoms with Crippen molar-refractivity contribution in [1.82, 2.24) is 9.97 Å². The number of fused-ring (bicyclic) bond motifs is 1. The van der Waals surface area contributed by atoms with Gasteiger partial charge in [0, 0.05) is 6.07 Å². The van der Waals surface area contributed by atoms with E-state index >= 15 is 0 Å². The zero-order valence-corrected chi connectivity index (χ0v) is 9.86. The molecule has 1 aromatic heterocycles. The maximum Gasteiger partial charge on any atom is 0.224 e. The van der Waals surface area contributed by atoms with Gasteiger partial charge in [0.05, 0.1) is 23.0 Å². The van der Waals surface area contributed by atoms with Gasteiger partial charge in [-0.05, 0) is 17.7 Å². The van der Waals surface area contributed by atoms with E-state index in [1.807, 2.05) is 0 Å². The lowest BCUT2D eigenvalue weighted by atomic mass is 10.2. The van der Waals surface area contributed by atoms with Crippen molar-refractivity contribution in [3.8, 4) is 5.75 Å². The molecule has 0 amide bonds. The van der Waals surface area contributed by atoms with Crippen molar-refractivity contribution in [2.75, 3.05) is 7.11 Å². The molecule has 0 atom stereocenters. The normalized spacial score (nSPS) is 10.7. The van der Waals surface area contributed by atoms with Crippen LogP contribution in [-0.4, -0.2) is 17.1 Å². The number of ether oxygens (including phenoxy) is 1. The van der Waals surface area contributed by atoms with E-state index in [2.05, 4.69) is 9.97 Å². The third-order valence-corrected chi connectivity index (χ3v) is 2.63. The predicted octanol–water partition coefficient (Wildman–Crippen LogP) is 3.60. The summed E-state index contributed by atoms with van der Waals surface area (Å²) in [6.07, 6.45) is 0. The monoisotopic (exact) mass is 262 g/mol. The summed E-state index contributed by atoms with van der Waals surface area (Å²) < 4.78 is 5.05. The van der Waals surface area contributed by atoms with E-state index in [-0.39, 0.29) is 10.4 Å². The molecule has 1 aromatic carbocycles. The fourth-order valence-corrected chi connectivity index (χ4v) is 2.08. The minimum atomic E-state index is 0.0804. The summed E-state index contributed by atoms with van der Waals surface area (Å²) in [4.78, 5) is 7.82. The topological polar surface area (TPSA) is 35.0 Å². The summed E-state index contributed by atoms with van der Waals surface area (Å²) in [6.45, 7) is 0. The quantitative estimate of drug-likeness (QED) is 0.582. The molecular weight excluding hydrogens is 258 g/mol. The number of hydrogen-bond acceptors (Lipinski definition) is 3. The van der Waals surface area contributed by atoms with Crippen LogP contribution in [-0.2, 0) is 0 Å². The molecule has 1 heterocycles. The van der Waals surface area contributed by atoms with Crippen LogP contribution in [0.4, 0.5) is 0 Å². The van der Waals surface area contributed by atoms with Gasteiger partial charge in [0.25, 0.3) is 0 Å². The van der Waals surface area contributed by atoms with Gasteiger partial charge < -0.3 is 4.74 Å². The van der Waals surface area contributed by atoms with Gasteiger partial charge in [-0.2, -0.15) is 0 Å². The van der Waals surface area contributed by atoms with Crippen molar-refractivity contribution >= 4 is 45.7 Å². The van der Waals surface area contributed by atoms with Crippen molar-refractivity contribution in [2.45, 2.75) is 0 Å². The van der Waals surface area contributed by atoms with Gasteiger partial charge in [0.2, 0.25) is 5.28 Å². The Morgan fingerprint density at radius 2 is 1.87 bits per heavy atom. The number of hydrogen-bond donors (Lipinski definition) is 0. The van der Waals surface area contributed by atoms with Crippen molar-refractivity contribution in [3.05, 3.63) is 27.6 Å². The molecule has 15 heavy (non-hydrogen) atoms. The highest BCUT2D eigenvalue weighted by Gasteiger charge is 2.10. The summed E-state index contributed by atoms with van der Waals surface area (Å²) in [7, 11) is 1.54. The standard InChI is InChI=1S/C9H5Cl3N2O/c1-15-4-2-5(10)7-6(3-4)13-9(12)14-8(7)11/h2-3H,1H3. The second-order valence-corrected chi connectivity index (χ2v) is 3.89. The fourth-order valence-electron chi connectivity index (χ4n) is 1.24. The van der Waals surface area contributed by atoms with E-state index in [9.17, 15) is 0 Å². The molecule has 0 aliphatic rings. The molecule has 0 fully saturated rings. The van der Waals surface area contributed by atoms with Crippen LogP contribution in [0.15, 0.2) is 12.1 Å². The van der Waals surface area contributed by atoms with Crippen LogP contribution < -0.4 is 4.74 Å². The van der Waals surface area contributed by atoms with Crippen molar-refractivity contribution < 1.29 is 4.74 Å². The van der Waals surface area contributed by atoms with Crippen molar-refractivity contribution in [3.63, 3.8) is 0 Å². The minimum Gasteiger partial charge on any atom is -0.497 e. The zero-order chi connectivity index (χ0) is 11.0. The molecule has 78 valence electrons. The van der Waals surface area contributed by atoms with Crippen LogP contribution in [0.2, 0.25) is 15.5 Å². The number of benzene rings is 1. The number of rotatable bonds is 1. The number of nitrogens with zero attached hydrogens (tertiary/aromatic N) is 2. The highest BCUT2D eigenvalue weighted by Crippen LogP contribution is 2.32. The Bertz CT molecular complexity index is 530. The number of aromatic nitrogens is 2. The second kappa shape index (κ2) is 4.00. The fraction of sp³-hybridized carbons (Fsp3) is 0.111. The van der Waals surface area contributed by atoms with E-state index < -0.39 is 0 Å². The molecule has 0 spiro atoms. The summed E-state index contributed by atoms with van der Waals surface area (Å²) in [6, 6.07) is 3.34. The predicted molar refractivity (Wildman–Crippen MR) is 61.1 cm³/mol. The number of methoxy groups -OCH3 is 1. The smallest absolute Gasteiger partial charge is 0.224 e. The Morgan fingerprint density at radius 1 is 1.13 bits per heavy atom. The van der Waals surface area contributed by atoms with E-state index in [0.717, 1.165) is 0 Å². The first-order valence-electron chi connectivity index (χ1n) is 3.98. The van der Waals surface area contributed by atoms with Crippen molar-refractivity contribution in [2.24, 2.45) is 0 Å². The molecule has 0 aliphatic heterocycles. The molecule has 0 saturated heterocycles. The van der Waals surface area contributed by atoms with E-state index in [4.69, 9.17) is 39.5 Å². The zero-order valence-electron chi connectivity index (χ0n) is 7.59. The molecule has 2 aromatic rings. The maximum absolute atomic E-state index is 6.01. The third kappa shape index (κ3) is 1.95. The van der Waals surface area contributed by atoms with Crippen LogP contribution in [0.1, 0.15) is 0 Å². The average molecular weight is 264 g/mol. The van der Waals surface area contributed by atoms with Crippen LogP contribution in [0, 0.1) is 0 Å². The molecule has 0 N–H and O–H groups in total. The van der Waals surface area contributed by atoms with Crippen molar-refractivity contribution in [1.29, 1.82) is 0 Å². The first-order chi connectivity index (χ1) is 7.11. The Morgan fingerprint density at radius 3 is 2.53 bits per heavy atom. The molecule has 6 heteroatoms. The van der Waals surface area contributed by atoms with Crippen LogP contribution in [0.25, 0.3) is 10.9 Å². The summed E-state index contributed by atoms with van der Waals surface area (Å²) in [5.74, 6) is 0.596. The van der Waals surface area contributed by atoms with E-state index in [0.29, 0.717) is 21.7 Å². The molecule has 0 saturated carbocycles. The Kier molecular flexibility index (Phi) is 2.87. The third-order valence-electron chi connectivity index (χ3n) is 1.89. The van der Waals surface area contributed by atoms with Crippen LogP contribution >= 0.6 is 34.8 Å². The lowest BCUT2D eigenvalue weighted by Gasteiger charge is -2.05. The lowest BCUT2D eigenvalue weighted by Crippen LogP contribution is -1.90. The summed E-state index contributed by atoms with van der Waals surface area (Å²) >= 11 is 17.6. The van der Waals surface area contributed by atoms with Gasteiger partial charge in [-0.3, -0.25) is 0 Å². The van der Waals surface area contributed by atoms with Gasteiger partial charge in [0.1, 0.15) is 10.9 Å². The maximum atomic E-state index is 6.01. The summed E-state index contributed by atoms with van der Waals surface area (Å²) in [5.41, 5.74) is 0.560. The summed E-state index contributed by atoms with van der Waals surface area (Å²) in [5, 5.41) is 1.32. The molecule has 0 bridgehead atoms. The molecule has 3 nitrogen and oxygen atoms in total. The average Bonchev–Trinajstić information content (AvgIpc) is 2.15. The van der Waals surface area contributed by atoms with Gasteiger partial charge in [-0.25, -0.2) is 9.97 Å². The van der Waals surface area contributed by atoms with Gasteiger partial charge >= 0.3 is 0 Å². The highest BCUT2D eigenvalue weighted by atomic mass is 35.5. The van der Waals surface area contributed by atoms with E-state index in [1.54, 1.807) is 19.2 Å². The molecule has 0 aliphatic carbocycles. The van der Waals surface area contributed by atoms with E-state index in [1.165, 1.54) is 0 Å². The van der Waals surface area contributed by atoms with Gasteiger partial charge in [0.15, 0.2) is 0 Å². The second-order valence-electron chi connectivity index (χ2n) is 2.79. The Hall–Kier alpha value is -0.770. The van der Waals surface area contributed by atoms with Crippen LogP contribution in [0.3, 0.4) is 0 Å².